The molecule has 0 unspecified atom stereocenters. The molecule has 4 heteroatoms. The summed E-state index contributed by atoms with van der Waals surface area (Å²) in [6, 6.07) is 7.16. The van der Waals surface area contributed by atoms with Gasteiger partial charge in [0.05, 0.1) is 5.54 Å². The van der Waals surface area contributed by atoms with Gasteiger partial charge >= 0.3 is 0 Å². The quantitative estimate of drug-likeness (QED) is 0.795. The lowest BCUT2D eigenvalue weighted by molar-refractivity contribution is 0.0463. The molecule has 1 aromatic rings. The highest BCUT2D eigenvalue weighted by atomic mass is 35.5. The lowest BCUT2D eigenvalue weighted by Gasteiger charge is -2.42. The van der Waals surface area contributed by atoms with E-state index in [4.69, 9.17) is 11.6 Å². The van der Waals surface area contributed by atoms with Crippen LogP contribution in [-0.2, 0) is 0 Å². The summed E-state index contributed by atoms with van der Waals surface area (Å²) in [7, 11) is 2.12. The molecule has 1 fully saturated rings. The first-order valence-corrected chi connectivity index (χ1v) is 7.03. The molecule has 0 aliphatic carbocycles. The van der Waals surface area contributed by atoms with Gasteiger partial charge in [0.25, 0.3) is 0 Å². The van der Waals surface area contributed by atoms with E-state index in [1.54, 1.807) is 12.1 Å². The third kappa shape index (κ3) is 3.16. The predicted molar refractivity (Wildman–Crippen MR) is 78.9 cm³/mol. The van der Waals surface area contributed by atoms with E-state index in [0.717, 1.165) is 31.7 Å². The number of nitrogens with zero attached hydrogens (tertiary/aromatic N) is 2. The Morgan fingerprint density at radius 2 is 1.63 bits per heavy atom. The van der Waals surface area contributed by atoms with Crippen molar-refractivity contribution in [3.63, 3.8) is 0 Å². The summed E-state index contributed by atoms with van der Waals surface area (Å²) in [6.45, 7) is 7.91. The van der Waals surface area contributed by atoms with Crippen molar-refractivity contribution in [2.24, 2.45) is 0 Å². The number of benzene rings is 1. The molecule has 0 spiro atoms. The fraction of sp³-hybridized carbons (Fsp3) is 0.533. The maximum absolute atomic E-state index is 12.7. The lowest BCUT2D eigenvalue weighted by atomic mass is 9.90. The van der Waals surface area contributed by atoms with Crippen molar-refractivity contribution in [2.75, 3.05) is 33.2 Å². The maximum atomic E-state index is 12.7. The molecule has 3 nitrogen and oxygen atoms in total. The second kappa shape index (κ2) is 5.61. The molecule has 104 valence electrons. The highest BCUT2D eigenvalue weighted by Gasteiger charge is 2.36. The Hall–Kier alpha value is -0.900. The van der Waals surface area contributed by atoms with Gasteiger partial charge in [0, 0.05) is 36.8 Å². The van der Waals surface area contributed by atoms with Gasteiger partial charge in [-0.25, -0.2) is 0 Å². The molecule has 0 saturated carbocycles. The van der Waals surface area contributed by atoms with Crippen LogP contribution in [0, 0.1) is 0 Å². The number of piperazine rings is 1. The molecule has 0 amide bonds. The predicted octanol–water partition coefficient (Wildman–Crippen LogP) is 2.55. The molecular weight excluding hydrogens is 260 g/mol. The zero-order valence-electron chi connectivity index (χ0n) is 11.8. The smallest absolute Gasteiger partial charge is 0.182 e. The van der Waals surface area contributed by atoms with Crippen molar-refractivity contribution >= 4 is 17.4 Å². The molecule has 0 atom stereocenters. The molecule has 0 aromatic heterocycles. The number of carbonyl (C=O) groups is 1. The van der Waals surface area contributed by atoms with Crippen LogP contribution >= 0.6 is 11.6 Å². The van der Waals surface area contributed by atoms with Crippen LogP contribution in [0.4, 0.5) is 0 Å². The molecule has 1 saturated heterocycles. The molecule has 0 radical (unpaired) electrons. The van der Waals surface area contributed by atoms with Crippen molar-refractivity contribution in [2.45, 2.75) is 19.4 Å². The topological polar surface area (TPSA) is 23.6 Å². The van der Waals surface area contributed by atoms with E-state index >= 15 is 0 Å². The van der Waals surface area contributed by atoms with Crippen molar-refractivity contribution in [3.05, 3.63) is 34.9 Å². The minimum Gasteiger partial charge on any atom is -0.304 e. The molecular formula is C15H21ClN2O. The van der Waals surface area contributed by atoms with Crippen LogP contribution in [0.5, 0.6) is 0 Å². The second-order valence-corrected chi connectivity index (χ2v) is 6.12. The molecule has 1 aliphatic heterocycles. The summed E-state index contributed by atoms with van der Waals surface area (Å²) in [5.41, 5.74) is 0.267. The van der Waals surface area contributed by atoms with Crippen molar-refractivity contribution in [1.29, 1.82) is 0 Å². The Bertz CT molecular complexity index is 448. The lowest BCUT2D eigenvalue weighted by Crippen LogP contribution is -2.57. The first-order chi connectivity index (χ1) is 8.91. The minimum absolute atomic E-state index is 0.161. The van der Waals surface area contributed by atoms with Gasteiger partial charge in [-0.3, -0.25) is 9.69 Å². The average Bonchev–Trinajstić information content (AvgIpc) is 2.39. The Kier molecular flexibility index (Phi) is 4.29. The van der Waals surface area contributed by atoms with Crippen molar-refractivity contribution < 1.29 is 4.79 Å². The van der Waals surface area contributed by atoms with Gasteiger partial charge in [-0.1, -0.05) is 11.6 Å². The first-order valence-electron chi connectivity index (χ1n) is 6.65. The zero-order chi connectivity index (χ0) is 14.0. The van der Waals surface area contributed by atoms with Crippen LogP contribution < -0.4 is 0 Å². The largest absolute Gasteiger partial charge is 0.304 e. The van der Waals surface area contributed by atoms with E-state index in [9.17, 15) is 4.79 Å². The molecule has 1 heterocycles. The Morgan fingerprint density at radius 3 is 2.16 bits per heavy atom. The minimum atomic E-state index is -0.463. The van der Waals surface area contributed by atoms with Crippen LogP contribution in [0.15, 0.2) is 24.3 Å². The van der Waals surface area contributed by atoms with Crippen molar-refractivity contribution in [1.82, 2.24) is 9.80 Å². The highest BCUT2D eigenvalue weighted by Crippen LogP contribution is 2.23. The third-order valence-corrected chi connectivity index (χ3v) is 4.21. The Labute approximate surface area is 120 Å². The van der Waals surface area contributed by atoms with Gasteiger partial charge in [0.15, 0.2) is 5.78 Å². The Morgan fingerprint density at radius 1 is 1.11 bits per heavy atom. The monoisotopic (exact) mass is 280 g/mol. The molecule has 19 heavy (non-hydrogen) atoms. The summed E-state index contributed by atoms with van der Waals surface area (Å²) in [5.74, 6) is 0.161. The molecule has 0 N–H and O–H groups in total. The fourth-order valence-corrected chi connectivity index (χ4v) is 2.59. The number of rotatable bonds is 3. The summed E-state index contributed by atoms with van der Waals surface area (Å²) < 4.78 is 0. The number of carbonyl (C=O) groups excluding carboxylic acids is 1. The average molecular weight is 281 g/mol. The van der Waals surface area contributed by atoms with E-state index in [1.807, 2.05) is 26.0 Å². The molecule has 2 rings (SSSR count). The highest BCUT2D eigenvalue weighted by molar-refractivity contribution is 6.30. The normalized spacial score (nSPS) is 18.5. The number of hydrogen-bond donors (Lipinski definition) is 0. The van der Waals surface area contributed by atoms with Crippen LogP contribution in [0.25, 0.3) is 0 Å². The first kappa shape index (κ1) is 14.5. The van der Waals surface area contributed by atoms with Gasteiger partial charge in [-0.2, -0.15) is 0 Å². The molecule has 1 aliphatic rings. The van der Waals surface area contributed by atoms with E-state index in [1.165, 1.54) is 0 Å². The van der Waals surface area contributed by atoms with Gasteiger partial charge in [0.2, 0.25) is 0 Å². The van der Waals surface area contributed by atoms with Gasteiger partial charge < -0.3 is 4.90 Å². The zero-order valence-corrected chi connectivity index (χ0v) is 12.6. The van der Waals surface area contributed by atoms with Crippen LogP contribution in [0.2, 0.25) is 5.02 Å². The third-order valence-electron chi connectivity index (χ3n) is 3.96. The molecule has 1 aromatic carbocycles. The number of halogens is 1. The van der Waals surface area contributed by atoms with Crippen LogP contribution in [-0.4, -0.2) is 54.3 Å². The number of ketones is 1. The van der Waals surface area contributed by atoms with E-state index < -0.39 is 5.54 Å². The van der Waals surface area contributed by atoms with Crippen molar-refractivity contribution in [3.8, 4) is 0 Å². The van der Waals surface area contributed by atoms with Gasteiger partial charge in [0.1, 0.15) is 0 Å². The Balaban J connectivity index is 2.14. The van der Waals surface area contributed by atoms with E-state index in [0.29, 0.717) is 5.02 Å². The van der Waals surface area contributed by atoms with Crippen LogP contribution in [0.1, 0.15) is 24.2 Å². The fourth-order valence-electron chi connectivity index (χ4n) is 2.46. The maximum Gasteiger partial charge on any atom is 0.182 e. The van der Waals surface area contributed by atoms with Gasteiger partial charge in [-0.05, 0) is 45.2 Å². The van der Waals surface area contributed by atoms with E-state index in [2.05, 4.69) is 16.8 Å². The SMILES string of the molecule is CN1CCN(C(C)(C)C(=O)c2ccc(Cl)cc2)CC1. The standard InChI is InChI=1S/C15H21ClN2O/c1-15(2,18-10-8-17(3)9-11-18)14(19)12-4-6-13(16)7-5-12/h4-7H,8-11H2,1-3H3. The number of hydrogen-bond acceptors (Lipinski definition) is 3. The van der Waals surface area contributed by atoms with Crippen LogP contribution in [0.3, 0.4) is 0 Å². The number of likely N-dealkylation sites (N-methyl/N-ethyl adjacent to an activating group) is 1. The summed E-state index contributed by atoms with van der Waals surface area (Å²) in [4.78, 5) is 17.2. The van der Waals surface area contributed by atoms with E-state index in [-0.39, 0.29) is 5.78 Å². The summed E-state index contributed by atoms with van der Waals surface area (Å²) >= 11 is 5.87. The summed E-state index contributed by atoms with van der Waals surface area (Å²) in [5, 5.41) is 0.661. The second-order valence-electron chi connectivity index (χ2n) is 5.69. The number of Topliss-reactive ketones (excluding diaryl/α,β-unsaturated/α-hetero) is 1. The molecule has 0 bridgehead atoms. The van der Waals surface area contributed by atoms with Gasteiger partial charge in [-0.15, -0.1) is 0 Å². The summed E-state index contributed by atoms with van der Waals surface area (Å²) in [6.07, 6.45) is 0.